The van der Waals surface area contributed by atoms with Crippen molar-refractivity contribution < 1.29 is 9.47 Å². The van der Waals surface area contributed by atoms with Crippen molar-refractivity contribution in [2.75, 3.05) is 19.9 Å². The second kappa shape index (κ2) is 4.96. The van der Waals surface area contributed by atoms with Crippen molar-refractivity contribution in [3.8, 4) is 11.5 Å². The minimum atomic E-state index is 0.391. The third-order valence-corrected chi connectivity index (χ3v) is 5.17. The highest BCUT2D eigenvalue weighted by Gasteiger charge is 2.38. The van der Waals surface area contributed by atoms with Crippen molar-refractivity contribution in [3.05, 3.63) is 23.3 Å². The predicted octanol–water partition coefficient (Wildman–Crippen LogP) is 3.32. The summed E-state index contributed by atoms with van der Waals surface area (Å²) < 4.78 is 11.2. The quantitative estimate of drug-likeness (QED) is 0.825. The van der Waals surface area contributed by atoms with Crippen molar-refractivity contribution in [3.63, 3.8) is 0 Å². The van der Waals surface area contributed by atoms with Crippen LogP contribution in [0.5, 0.6) is 11.5 Å². The highest BCUT2D eigenvalue weighted by atomic mass is 16.7. The lowest BCUT2D eigenvalue weighted by Gasteiger charge is -2.45. The van der Waals surface area contributed by atoms with Gasteiger partial charge in [-0.15, -0.1) is 0 Å². The standard InChI is InChI=1S/C17H23NO2/c1-2-9-18-10-3-4-13-12-6-8-16-17(20-11-19-16)14(12)5-7-15(13)18/h6,8,13,15H,2-5,7,9-11H2,1H3/t13-,15?/m0/s1. The van der Waals surface area contributed by atoms with Crippen LogP contribution in [0.15, 0.2) is 12.1 Å². The molecule has 0 aromatic heterocycles. The van der Waals surface area contributed by atoms with Gasteiger partial charge in [-0.2, -0.15) is 0 Å². The van der Waals surface area contributed by atoms with E-state index in [-0.39, 0.29) is 0 Å². The van der Waals surface area contributed by atoms with Crippen LogP contribution in [0.1, 0.15) is 49.7 Å². The third kappa shape index (κ3) is 1.83. The monoisotopic (exact) mass is 273 g/mol. The zero-order valence-corrected chi connectivity index (χ0v) is 12.2. The molecule has 2 aliphatic heterocycles. The predicted molar refractivity (Wildman–Crippen MR) is 78.5 cm³/mol. The Morgan fingerprint density at radius 1 is 1.25 bits per heavy atom. The molecule has 20 heavy (non-hydrogen) atoms. The highest BCUT2D eigenvalue weighted by Crippen LogP contribution is 2.47. The zero-order valence-electron chi connectivity index (χ0n) is 12.2. The van der Waals surface area contributed by atoms with Gasteiger partial charge >= 0.3 is 0 Å². The first-order chi connectivity index (χ1) is 9.88. The zero-order chi connectivity index (χ0) is 13.5. The SMILES string of the molecule is CCCN1CCC[C@H]2c3ccc4c(c3CCC21)OCO4. The van der Waals surface area contributed by atoms with Crippen LogP contribution in [0.25, 0.3) is 0 Å². The number of nitrogens with zero attached hydrogens (tertiary/aromatic N) is 1. The van der Waals surface area contributed by atoms with Crippen LogP contribution in [-0.2, 0) is 6.42 Å². The number of likely N-dealkylation sites (tertiary alicyclic amines) is 1. The molecule has 2 heterocycles. The number of ether oxygens (including phenoxy) is 2. The summed E-state index contributed by atoms with van der Waals surface area (Å²) >= 11 is 0. The fraction of sp³-hybridized carbons (Fsp3) is 0.647. The molecule has 0 radical (unpaired) electrons. The lowest BCUT2D eigenvalue weighted by atomic mass is 9.74. The van der Waals surface area contributed by atoms with Gasteiger partial charge in [0, 0.05) is 11.6 Å². The number of hydrogen-bond donors (Lipinski definition) is 0. The van der Waals surface area contributed by atoms with E-state index in [0.717, 1.165) is 24.0 Å². The molecule has 3 aliphatic rings. The Morgan fingerprint density at radius 3 is 3.10 bits per heavy atom. The molecule has 0 spiro atoms. The second-order valence-electron chi connectivity index (χ2n) is 6.26. The number of piperidine rings is 1. The molecule has 1 fully saturated rings. The first kappa shape index (κ1) is 12.5. The Kier molecular flexibility index (Phi) is 3.10. The second-order valence-corrected chi connectivity index (χ2v) is 6.26. The maximum Gasteiger partial charge on any atom is 0.231 e. The van der Waals surface area contributed by atoms with Gasteiger partial charge in [-0.1, -0.05) is 13.0 Å². The summed E-state index contributed by atoms with van der Waals surface area (Å²) in [5, 5.41) is 0. The summed E-state index contributed by atoms with van der Waals surface area (Å²) in [6.07, 6.45) is 6.34. The molecular formula is C17H23NO2. The fourth-order valence-electron chi connectivity index (χ4n) is 4.38. The molecule has 3 heteroatoms. The Balaban J connectivity index is 1.70. The van der Waals surface area contributed by atoms with Gasteiger partial charge in [-0.3, -0.25) is 4.90 Å². The van der Waals surface area contributed by atoms with Crippen LogP contribution in [0.4, 0.5) is 0 Å². The van der Waals surface area contributed by atoms with Crippen LogP contribution < -0.4 is 9.47 Å². The summed E-state index contributed by atoms with van der Waals surface area (Å²) in [5.41, 5.74) is 2.96. The van der Waals surface area contributed by atoms with E-state index in [4.69, 9.17) is 9.47 Å². The summed E-state index contributed by atoms with van der Waals surface area (Å²) in [6, 6.07) is 5.16. The largest absolute Gasteiger partial charge is 0.454 e. The average molecular weight is 273 g/mol. The van der Waals surface area contributed by atoms with Gasteiger partial charge in [0.05, 0.1) is 0 Å². The van der Waals surface area contributed by atoms with Gasteiger partial charge in [0.2, 0.25) is 6.79 Å². The Labute approximate surface area is 120 Å². The maximum absolute atomic E-state index is 5.72. The highest BCUT2D eigenvalue weighted by molar-refractivity contribution is 5.54. The van der Waals surface area contributed by atoms with Crippen molar-refractivity contribution in [2.45, 2.75) is 51.0 Å². The van der Waals surface area contributed by atoms with Gasteiger partial charge in [-0.05, 0) is 62.7 Å². The van der Waals surface area contributed by atoms with Gasteiger partial charge in [-0.25, -0.2) is 0 Å². The van der Waals surface area contributed by atoms with E-state index in [0.29, 0.717) is 12.7 Å². The van der Waals surface area contributed by atoms with E-state index < -0.39 is 0 Å². The molecule has 3 nitrogen and oxygen atoms in total. The molecule has 108 valence electrons. The van der Waals surface area contributed by atoms with Crippen molar-refractivity contribution in [2.24, 2.45) is 0 Å². The first-order valence-corrected chi connectivity index (χ1v) is 8.04. The van der Waals surface area contributed by atoms with E-state index in [2.05, 4.69) is 24.0 Å². The minimum Gasteiger partial charge on any atom is -0.454 e. The number of rotatable bonds is 2. The number of benzene rings is 1. The summed E-state index contributed by atoms with van der Waals surface area (Å²) in [7, 11) is 0. The molecule has 1 aliphatic carbocycles. The fourth-order valence-corrected chi connectivity index (χ4v) is 4.38. The molecule has 1 unspecified atom stereocenters. The molecule has 1 aromatic carbocycles. The Morgan fingerprint density at radius 2 is 2.20 bits per heavy atom. The van der Waals surface area contributed by atoms with Gasteiger partial charge in [0.25, 0.3) is 0 Å². The summed E-state index contributed by atoms with van der Waals surface area (Å²) in [5.74, 6) is 2.69. The molecule has 1 aromatic rings. The number of hydrogen-bond acceptors (Lipinski definition) is 3. The molecule has 0 saturated carbocycles. The normalized spacial score (nSPS) is 28.1. The average Bonchev–Trinajstić information content (AvgIpc) is 2.96. The van der Waals surface area contributed by atoms with E-state index in [1.165, 1.54) is 49.9 Å². The summed E-state index contributed by atoms with van der Waals surface area (Å²) in [4.78, 5) is 2.72. The van der Waals surface area contributed by atoms with E-state index in [1.807, 2.05) is 0 Å². The first-order valence-electron chi connectivity index (χ1n) is 8.04. The molecule has 2 atom stereocenters. The smallest absolute Gasteiger partial charge is 0.231 e. The molecule has 4 rings (SSSR count). The van der Waals surface area contributed by atoms with Crippen LogP contribution in [0.2, 0.25) is 0 Å². The maximum atomic E-state index is 5.72. The van der Waals surface area contributed by atoms with Gasteiger partial charge < -0.3 is 9.47 Å². The third-order valence-electron chi connectivity index (χ3n) is 5.17. The molecule has 1 saturated heterocycles. The minimum absolute atomic E-state index is 0.391. The summed E-state index contributed by atoms with van der Waals surface area (Å²) in [6.45, 7) is 5.22. The van der Waals surface area contributed by atoms with Crippen molar-refractivity contribution in [1.82, 2.24) is 4.90 Å². The molecule has 0 N–H and O–H groups in total. The molecule has 0 bridgehead atoms. The topological polar surface area (TPSA) is 21.7 Å². The van der Waals surface area contributed by atoms with E-state index in [9.17, 15) is 0 Å². The van der Waals surface area contributed by atoms with E-state index >= 15 is 0 Å². The Bertz CT molecular complexity index is 512. The van der Waals surface area contributed by atoms with Crippen LogP contribution >= 0.6 is 0 Å². The Hall–Kier alpha value is -1.22. The van der Waals surface area contributed by atoms with Crippen molar-refractivity contribution in [1.29, 1.82) is 0 Å². The lowest BCUT2D eigenvalue weighted by Crippen LogP contribution is -2.46. The molecular weight excluding hydrogens is 250 g/mol. The van der Waals surface area contributed by atoms with Gasteiger partial charge in [0.15, 0.2) is 11.5 Å². The van der Waals surface area contributed by atoms with Crippen molar-refractivity contribution >= 4 is 0 Å². The van der Waals surface area contributed by atoms with Crippen LogP contribution in [0, 0.1) is 0 Å². The van der Waals surface area contributed by atoms with Crippen LogP contribution in [0.3, 0.4) is 0 Å². The van der Waals surface area contributed by atoms with Crippen LogP contribution in [-0.4, -0.2) is 30.8 Å². The lowest BCUT2D eigenvalue weighted by molar-refractivity contribution is 0.112. The van der Waals surface area contributed by atoms with Gasteiger partial charge in [0.1, 0.15) is 0 Å². The number of fused-ring (bicyclic) bond motifs is 5. The molecule has 0 amide bonds. The van der Waals surface area contributed by atoms with E-state index in [1.54, 1.807) is 0 Å².